The van der Waals surface area contributed by atoms with Crippen molar-refractivity contribution in [2.45, 2.75) is 30.5 Å². The smallest absolute Gasteiger partial charge is 0.131 e. The van der Waals surface area contributed by atoms with E-state index in [1.54, 1.807) is 6.07 Å². The molecule has 0 amide bonds. The van der Waals surface area contributed by atoms with Crippen LogP contribution in [0.4, 0.5) is 4.39 Å². The van der Waals surface area contributed by atoms with Gasteiger partial charge in [0, 0.05) is 10.2 Å². The summed E-state index contributed by atoms with van der Waals surface area (Å²) in [6, 6.07) is 9.54. The van der Waals surface area contributed by atoms with Crippen molar-refractivity contribution >= 4 is 26.7 Å². The van der Waals surface area contributed by atoms with Gasteiger partial charge in [0.2, 0.25) is 0 Å². The van der Waals surface area contributed by atoms with E-state index in [-0.39, 0.29) is 5.82 Å². The molecule has 17 heavy (non-hydrogen) atoms. The van der Waals surface area contributed by atoms with E-state index in [0.29, 0.717) is 4.83 Å². The Morgan fingerprint density at radius 3 is 2.71 bits per heavy atom. The molecule has 0 N–H and O–H groups in total. The molecule has 2 aromatic carbocycles. The number of alkyl halides is 1. The summed E-state index contributed by atoms with van der Waals surface area (Å²) in [6.45, 7) is 0. The number of hydrogen-bond donors (Lipinski definition) is 0. The number of aryl methyl sites for hydroxylation is 1. The van der Waals surface area contributed by atoms with Crippen molar-refractivity contribution < 1.29 is 4.39 Å². The third-order valence-corrected chi connectivity index (χ3v) is 4.56. The van der Waals surface area contributed by atoms with Crippen molar-refractivity contribution in [3.05, 3.63) is 47.3 Å². The standard InChI is InChI=1S/C15H14BrF/c16-14-8-4-3-6-11-10-5-1-2-7-12(10)15(17)9-13(11)14/h1-2,5,7,9,14H,3-4,6,8H2. The summed E-state index contributed by atoms with van der Waals surface area (Å²) in [5.41, 5.74) is 2.49. The van der Waals surface area contributed by atoms with E-state index >= 15 is 0 Å². The van der Waals surface area contributed by atoms with Crippen molar-refractivity contribution in [1.82, 2.24) is 0 Å². The van der Waals surface area contributed by atoms with Gasteiger partial charge in [-0.25, -0.2) is 4.39 Å². The Balaban J connectivity index is 2.34. The highest BCUT2D eigenvalue weighted by atomic mass is 79.9. The minimum absolute atomic E-state index is 0.0919. The summed E-state index contributed by atoms with van der Waals surface area (Å²) in [6.07, 6.45) is 4.58. The molecule has 1 unspecified atom stereocenters. The molecule has 88 valence electrons. The number of halogens is 2. The molecule has 0 radical (unpaired) electrons. The van der Waals surface area contributed by atoms with E-state index in [2.05, 4.69) is 15.9 Å². The first-order valence-electron chi connectivity index (χ1n) is 6.11. The van der Waals surface area contributed by atoms with Gasteiger partial charge in [-0.05, 0) is 41.8 Å². The van der Waals surface area contributed by atoms with Crippen LogP contribution in [-0.2, 0) is 6.42 Å². The maximum Gasteiger partial charge on any atom is 0.131 e. The van der Waals surface area contributed by atoms with Gasteiger partial charge in [0.15, 0.2) is 0 Å². The predicted molar refractivity (Wildman–Crippen MR) is 73.1 cm³/mol. The summed E-state index contributed by atoms with van der Waals surface area (Å²) in [5.74, 6) is -0.0919. The summed E-state index contributed by atoms with van der Waals surface area (Å²) in [4.78, 5) is 0.305. The van der Waals surface area contributed by atoms with Crippen LogP contribution in [0.3, 0.4) is 0 Å². The summed E-state index contributed by atoms with van der Waals surface area (Å²) in [5, 5.41) is 1.85. The first kappa shape index (κ1) is 11.2. The van der Waals surface area contributed by atoms with Crippen LogP contribution in [0.5, 0.6) is 0 Å². The van der Waals surface area contributed by atoms with E-state index in [1.807, 2.05) is 24.3 Å². The number of fused-ring (bicyclic) bond motifs is 3. The van der Waals surface area contributed by atoms with Crippen LogP contribution in [0.1, 0.15) is 35.2 Å². The van der Waals surface area contributed by atoms with Gasteiger partial charge in [-0.2, -0.15) is 0 Å². The molecule has 0 saturated carbocycles. The van der Waals surface area contributed by atoms with Crippen LogP contribution >= 0.6 is 15.9 Å². The van der Waals surface area contributed by atoms with Gasteiger partial charge in [-0.15, -0.1) is 0 Å². The molecule has 1 aliphatic rings. The molecule has 0 aliphatic heterocycles. The SMILES string of the molecule is Fc1cc2c(c3ccccc13)CCCCC2Br. The maximum absolute atomic E-state index is 14.1. The maximum atomic E-state index is 14.1. The lowest BCUT2D eigenvalue weighted by atomic mass is 9.95. The van der Waals surface area contributed by atoms with Gasteiger partial charge in [-0.3, -0.25) is 0 Å². The summed E-state index contributed by atoms with van der Waals surface area (Å²) in [7, 11) is 0. The van der Waals surface area contributed by atoms with Crippen LogP contribution in [-0.4, -0.2) is 0 Å². The van der Waals surface area contributed by atoms with Crippen LogP contribution in [0, 0.1) is 5.82 Å². The second-order valence-corrected chi connectivity index (χ2v) is 5.79. The molecule has 0 aromatic heterocycles. The van der Waals surface area contributed by atoms with E-state index in [4.69, 9.17) is 0 Å². The summed E-state index contributed by atoms with van der Waals surface area (Å²) >= 11 is 3.69. The lowest BCUT2D eigenvalue weighted by Gasteiger charge is -2.14. The monoisotopic (exact) mass is 292 g/mol. The van der Waals surface area contributed by atoms with Gasteiger partial charge < -0.3 is 0 Å². The van der Waals surface area contributed by atoms with Crippen LogP contribution < -0.4 is 0 Å². The Kier molecular flexibility index (Phi) is 2.91. The van der Waals surface area contributed by atoms with Crippen molar-refractivity contribution in [2.75, 3.05) is 0 Å². The van der Waals surface area contributed by atoms with Crippen LogP contribution in [0.2, 0.25) is 0 Å². The van der Waals surface area contributed by atoms with Crippen LogP contribution in [0.15, 0.2) is 30.3 Å². The Labute approximate surface area is 109 Å². The molecule has 0 nitrogen and oxygen atoms in total. The first-order chi connectivity index (χ1) is 8.27. The van der Waals surface area contributed by atoms with E-state index in [0.717, 1.165) is 29.2 Å². The highest BCUT2D eigenvalue weighted by Crippen LogP contribution is 2.39. The Bertz CT molecular complexity index is 562. The average Bonchev–Trinajstić information content (AvgIpc) is 2.53. The first-order valence-corrected chi connectivity index (χ1v) is 7.03. The van der Waals surface area contributed by atoms with Crippen LogP contribution in [0.25, 0.3) is 10.8 Å². The van der Waals surface area contributed by atoms with Crippen molar-refractivity contribution in [2.24, 2.45) is 0 Å². The molecule has 0 spiro atoms. The van der Waals surface area contributed by atoms with Crippen molar-refractivity contribution in [1.29, 1.82) is 0 Å². The van der Waals surface area contributed by atoms with Crippen molar-refractivity contribution in [3.63, 3.8) is 0 Å². The fourth-order valence-electron chi connectivity index (χ4n) is 2.75. The van der Waals surface area contributed by atoms with Gasteiger partial charge in [-0.1, -0.05) is 46.6 Å². The molecule has 0 fully saturated rings. The third kappa shape index (κ3) is 1.89. The molecule has 0 saturated heterocycles. The highest BCUT2D eigenvalue weighted by Gasteiger charge is 2.19. The molecular weight excluding hydrogens is 279 g/mol. The second-order valence-electron chi connectivity index (χ2n) is 4.69. The largest absolute Gasteiger partial charge is 0.206 e. The van der Waals surface area contributed by atoms with Gasteiger partial charge in [0.1, 0.15) is 5.82 Å². The number of rotatable bonds is 0. The second kappa shape index (κ2) is 4.41. The minimum atomic E-state index is -0.0919. The molecule has 1 aliphatic carbocycles. The molecule has 0 heterocycles. The van der Waals surface area contributed by atoms with E-state index < -0.39 is 0 Å². The Morgan fingerprint density at radius 2 is 1.88 bits per heavy atom. The Morgan fingerprint density at radius 1 is 1.12 bits per heavy atom. The van der Waals surface area contributed by atoms with Gasteiger partial charge in [0.05, 0.1) is 0 Å². The molecule has 2 heteroatoms. The predicted octanol–water partition coefficient (Wildman–Crippen LogP) is 5.14. The lowest BCUT2D eigenvalue weighted by Crippen LogP contribution is -1.97. The number of hydrogen-bond acceptors (Lipinski definition) is 0. The lowest BCUT2D eigenvalue weighted by molar-refractivity contribution is 0.636. The normalized spacial score (nSPS) is 20.0. The quantitative estimate of drug-likeness (QED) is 0.466. The fraction of sp³-hybridized carbons (Fsp3) is 0.333. The van der Waals surface area contributed by atoms with Gasteiger partial charge in [0.25, 0.3) is 0 Å². The van der Waals surface area contributed by atoms with Crippen molar-refractivity contribution in [3.8, 4) is 0 Å². The average molecular weight is 293 g/mol. The topological polar surface area (TPSA) is 0 Å². The van der Waals surface area contributed by atoms with E-state index in [9.17, 15) is 4.39 Å². The minimum Gasteiger partial charge on any atom is -0.206 e. The van der Waals surface area contributed by atoms with Gasteiger partial charge >= 0.3 is 0 Å². The molecule has 2 aromatic rings. The molecular formula is C15H14BrF. The number of benzene rings is 2. The third-order valence-electron chi connectivity index (χ3n) is 3.61. The van der Waals surface area contributed by atoms with E-state index in [1.165, 1.54) is 18.4 Å². The zero-order chi connectivity index (χ0) is 11.8. The highest BCUT2D eigenvalue weighted by molar-refractivity contribution is 9.09. The zero-order valence-electron chi connectivity index (χ0n) is 9.55. The zero-order valence-corrected chi connectivity index (χ0v) is 11.1. The molecule has 3 rings (SSSR count). The fourth-order valence-corrected chi connectivity index (χ4v) is 3.48. The molecule has 0 bridgehead atoms. The molecule has 1 atom stereocenters. The summed E-state index contributed by atoms with van der Waals surface area (Å²) < 4.78 is 14.1. The Hall–Kier alpha value is -0.890.